The number of halogens is 1. The van der Waals surface area contributed by atoms with Crippen molar-refractivity contribution in [3.8, 4) is 6.07 Å². The number of benzene rings is 2. The van der Waals surface area contributed by atoms with E-state index in [-0.39, 0.29) is 30.6 Å². The lowest BCUT2D eigenvalue weighted by atomic mass is 9.85. The lowest BCUT2D eigenvalue weighted by Crippen LogP contribution is -2.55. The molecule has 1 aliphatic rings. The Morgan fingerprint density at radius 2 is 1.97 bits per heavy atom. The third kappa shape index (κ3) is 5.35. The third-order valence-electron chi connectivity index (χ3n) is 6.07. The molecule has 2 atom stereocenters. The Balaban J connectivity index is 1.61. The molecule has 1 aliphatic heterocycles. The minimum absolute atomic E-state index is 0.0680. The first kappa shape index (κ1) is 24.9. The first-order valence-corrected chi connectivity index (χ1v) is 11.6. The predicted molar refractivity (Wildman–Crippen MR) is 130 cm³/mol. The molecule has 186 valence electrons. The van der Waals surface area contributed by atoms with Crippen LogP contribution in [0, 0.1) is 22.6 Å². The van der Waals surface area contributed by atoms with E-state index in [2.05, 4.69) is 27.1 Å². The number of fused-ring (bicyclic) bond motifs is 1. The molecule has 1 saturated heterocycles. The number of aromatic nitrogens is 2. The van der Waals surface area contributed by atoms with Crippen molar-refractivity contribution in [2.75, 3.05) is 6.54 Å². The van der Waals surface area contributed by atoms with Crippen molar-refractivity contribution < 1.29 is 18.8 Å². The van der Waals surface area contributed by atoms with E-state index in [1.54, 1.807) is 24.3 Å². The van der Waals surface area contributed by atoms with Gasteiger partial charge in [-0.25, -0.2) is 4.39 Å². The first-order chi connectivity index (χ1) is 17.0. The zero-order valence-electron chi connectivity index (χ0n) is 20.3. The summed E-state index contributed by atoms with van der Waals surface area (Å²) >= 11 is 0. The highest BCUT2D eigenvalue weighted by Gasteiger charge is 2.36. The number of nitrogens with one attached hydrogen (secondary N) is 3. The topological polar surface area (TPSA) is 129 Å². The van der Waals surface area contributed by atoms with Crippen molar-refractivity contribution in [3.05, 3.63) is 65.1 Å². The highest BCUT2D eigenvalue weighted by Crippen LogP contribution is 2.24. The van der Waals surface area contributed by atoms with Crippen LogP contribution >= 0.6 is 0 Å². The SMILES string of the molecule is CC(C)(C)[C@H](NC(=O)c1nn(Cc2ccc(C#N)cc2)c2cc(F)ccc12)C(=O)N[C@@H]1CNC(=O)C1. The molecule has 3 amide bonds. The number of carbonyl (C=O) groups is 3. The van der Waals surface area contributed by atoms with Gasteiger partial charge in [-0.15, -0.1) is 0 Å². The van der Waals surface area contributed by atoms with Crippen molar-refractivity contribution in [2.24, 2.45) is 5.41 Å². The second kappa shape index (κ2) is 9.77. The highest BCUT2D eigenvalue weighted by molar-refractivity contribution is 6.06. The molecule has 0 unspecified atom stereocenters. The van der Waals surface area contributed by atoms with E-state index in [4.69, 9.17) is 5.26 Å². The number of hydrogen-bond acceptors (Lipinski definition) is 5. The molecule has 4 rings (SSSR count). The van der Waals surface area contributed by atoms with Gasteiger partial charge in [0.2, 0.25) is 11.8 Å². The normalized spacial score (nSPS) is 16.3. The molecule has 36 heavy (non-hydrogen) atoms. The van der Waals surface area contributed by atoms with Crippen LogP contribution in [0.1, 0.15) is 48.8 Å². The first-order valence-electron chi connectivity index (χ1n) is 11.6. The van der Waals surface area contributed by atoms with E-state index < -0.39 is 29.1 Å². The maximum Gasteiger partial charge on any atom is 0.273 e. The van der Waals surface area contributed by atoms with Crippen molar-refractivity contribution in [1.82, 2.24) is 25.7 Å². The largest absolute Gasteiger partial charge is 0.354 e. The number of hydrogen-bond donors (Lipinski definition) is 3. The summed E-state index contributed by atoms with van der Waals surface area (Å²) in [5.41, 5.74) is 1.19. The number of nitrogens with zero attached hydrogens (tertiary/aromatic N) is 3. The highest BCUT2D eigenvalue weighted by atomic mass is 19.1. The summed E-state index contributed by atoms with van der Waals surface area (Å²) in [7, 11) is 0. The maximum absolute atomic E-state index is 14.1. The molecule has 0 spiro atoms. The molecule has 1 aromatic heterocycles. The zero-order chi connectivity index (χ0) is 26.0. The number of nitriles is 1. The molecular weight excluding hydrogens is 463 g/mol. The Labute approximate surface area is 207 Å². The van der Waals surface area contributed by atoms with Gasteiger partial charge in [-0.2, -0.15) is 10.4 Å². The predicted octanol–water partition coefficient (Wildman–Crippen LogP) is 2.24. The van der Waals surface area contributed by atoms with E-state index in [0.29, 0.717) is 23.0 Å². The van der Waals surface area contributed by atoms with Crippen LogP contribution in [0.15, 0.2) is 42.5 Å². The smallest absolute Gasteiger partial charge is 0.273 e. The Morgan fingerprint density at radius 3 is 2.58 bits per heavy atom. The number of rotatable bonds is 6. The van der Waals surface area contributed by atoms with Crippen LogP contribution in [0.4, 0.5) is 4.39 Å². The molecule has 3 N–H and O–H groups in total. The summed E-state index contributed by atoms with van der Waals surface area (Å²) in [6, 6.07) is 11.8. The Kier molecular flexibility index (Phi) is 6.75. The van der Waals surface area contributed by atoms with Gasteiger partial charge < -0.3 is 16.0 Å². The van der Waals surface area contributed by atoms with Crippen molar-refractivity contribution >= 4 is 28.6 Å². The molecule has 10 heteroatoms. The van der Waals surface area contributed by atoms with E-state index >= 15 is 0 Å². The second-order valence-electron chi connectivity index (χ2n) is 9.96. The monoisotopic (exact) mass is 490 g/mol. The van der Waals surface area contributed by atoms with Gasteiger partial charge in [0, 0.05) is 18.4 Å². The fourth-order valence-electron chi connectivity index (χ4n) is 4.16. The van der Waals surface area contributed by atoms with Crippen molar-refractivity contribution in [3.63, 3.8) is 0 Å². The molecule has 0 aliphatic carbocycles. The average Bonchev–Trinajstić information content (AvgIpc) is 3.39. The lowest BCUT2D eigenvalue weighted by molar-refractivity contribution is -0.126. The second-order valence-corrected chi connectivity index (χ2v) is 9.96. The van der Waals surface area contributed by atoms with Gasteiger partial charge in [0.15, 0.2) is 5.69 Å². The molecule has 2 heterocycles. The molecule has 3 aromatic rings. The van der Waals surface area contributed by atoms with Crippen LogP contribution < -0.4 is 16.0 Å². The summed E-state index contributed by atoms with van der Waals surface area (Å²) < 4.78 is 15.6. The summed E-state index contributed by atoms with van der Waals surface area (Å²) in [4.78, 5) is 37.9. The van der Waals surface area contributed by atoms with Gasteiger partial charge >= 0.3 is 0 Å². The molecule has 2 aromatic carbocycles. The average molecular weight is 491 g/mol. The zero-order valence-corrected chi connectivity index (χ0v) is 20.3. The van der Waals surface area contributed by atoms with Crippen LogP contribution in [-0.4, -0.2) is 46.1 Å². The molecule has 1 fully saturated rings. The minimum Gasteiger partial charge on any atom is -0.354 e. The van der Waals surface area contributed by atoms with E-state index in [9.17, 15) is 18.8 Å². The molecular formula is C26H27FN6O3. The van der Waals surface area contributed by atoms with Crippen molar-refractivity contribution in [1.29, 1.82) is 5.26 Å². The third-order valence-corrected chi connectivity index (χ3v) is 6.07. The van der Waals surface area contributed by atoms with Gasteiger partial charge in [0.1, 0.15) is 11.9 Å². The molecule has 9 nitrogen and oxygen atoms in total. The standard InChI is InChI=1S/C26H27FN6O3/c1-26(2,3)23(25(36)30-18-11-21(34)29-13-18)31-24(35)22-19-9-8-17(27)10-20(19)33(32-22)14-16-6-4-15(12-28)5-7-16/h4-10,18,23H,11,13-14H2,1-3H3,(H,29,34)(H,30,36)(H,31,35)/t18-,23+/m0/s1. The van der Waals surface area contributed by atoms with E-state index in [0.717, 1.165) is 5.56 Å². The van der Waals surface area contributed by atoms with Gasteiger partial charge in [-0.05, 0) is 41.3 Å². The minimum atomic E-state index is -0.903. The maximum atomic E-state index is 14.1. The Hall–Kier alpha value is -4.26. The molecule has 0 bridgehead atoms. The van der Waals surface area contributed by atoms with Gasteiger partial charge in [-0.1, -0.05) is 32.9 Å². The molecule has 0 radical (unpaired) electrons. The Morgan fingerprint density at radius 1 is 1.25 bits per heavy atom. The Bertz CT molecular complexity index is 1370. The van der Waals surface area contributed by atoms with Crippen LogP contribution in [-0.2, 0) is 16.1 Å². The van der Waals surface area contributed by atoms with E-state index in [1.165, 1.54) is 22.9 Å². The summed E-state index contributed by atoms with van der Waals surface area (Å²) in [5, 5.41) is 22.2. The van der Waals surface area contributed by atoms with Crippen LogP contribution in [0.25, 0.3) is 10.9 Å². The fraction of sp³-hybridized carbons (Fsp3) is 0.346. The lowest BCUT2D eigenvalue weighted by Gasteiger charge is -2.31. The van der Waals surface area contributed by atoms with Crippen LogP contribution in [0.2, 0.25) is 0 Å². The van der Waals surface area contributed by atoms with Crippen molar-refractivity contribution in [2.45, 2.75) is 45.8 Å². The van der Waals surface area contributed by atoms with Gasteiger partial charge in [-0.3, -0.25) is 19.1 Å². The van der Waals surface area contributed by atoms with Gasteiger partial charge in [0.25, 0.3) is 5.91 Å². The van der Waals surface area contributed by atoms with Crippen LogP contribution in [0.3, 0.4) is 0 Å². The summed E-state index contributed by atoms with van der Waals surface area (Å²) in [6.07, 6.45) is 0.187. The summed E-state index contributed by atoms with van der Waals surface area (Å²) in [6.45, 7) is 6.07. The fourth-order valence-corrected chi connectivity index (χ4v) is 4.16. The quantitative estimate of drug-likeness (QED) is 0.488. The summed E-state index contributed by atoms with van der Waals surface area (Å²) in [5.74, 6) is -1.57. The number of carbonyl (C=O) groups excluding carboxylic acids is 3. The van der Waals surface area contributed by atoms with Crippen LogP contribution in [0.5, 0.6) is 0 Å². The number of amides is 3. The van der Waals surface area contributed by atoms with Gasteiger partial charge in [0.05, 0.1) is 29.7 Å². The molecule has 0 saturated carbocycles. The van der Waals surface area contributed by atoms with E-state index in [1.807, 2.05) is 20.8 Å².